The number of fused-ring (bicyclic) bond motifs is 1. The smallest absolute Gasteiger partial charge is 0.416 e. The standard InChI is InChI=1S/C18H15F3O2/c19-18(20,21)14-3-1-2-11(9-14)8-13-5-4-12-10-15(22)6-7-16(12)17(13)23/h1-3,6-7,9-10,13,22H,4-5,8H2. The number of Topliss-reactive ketones (excluding diaryl/α,β-unsaturated/α-hetero) is 1. The first-order chi connectivity index (χ1) is 10.8. The molecule has 120 valence electrons. The van der Waals surface area contributed by atoms with Crippen molar-refractivity contribution in [2.75, 3.05) is 0 Å². The van der Waals surface area contributed by atoms with Gasteiger partial charge in [-0.2, -0.15) is 13.2 Å². The van der Waals surface area contributed by atoms with Gasteiger partial charge in [0.2, 0.25) is 0 Å². The number of hydrogen-bond donors (Lipinski definition) is 1. The minimum Gasteiger partial charge on any atom is -0.508 e. The number of phenols is 1. The van der Waals surface area contributed by atoms with Crippen molar-refractivity contribution in [1.29, 1.82) is 0 Å². The predicted octanol–water partition coefficient (Wildman–Crippen LogP) is 4.40. The molecule has 23 heavy (non-hydrogen) atoms. The molecule has 0 aliphatic heterocycles. The molecule has 0 saturated heterocycles. The van der Waals surface area contributed by atoms with Crippen LogP contribution in [0.2, 0.25) is 0 Å². The minimum atomic E-state index is -4.38. The summed E-state index contributed by atoms with van der Waals surface area (Å²) in [6, 6.07) is 9.76. The molecule has 1 aliphatic carbocycles. The second-order valence-corrected chi connectivity index (χ2v) is 5.84. The van der Waals surface area contributed by atoms with Gasteiger partial charge in [0.15, 0.2) is 5.78 Å². The van der Waals surface area contributed by atoms with E-state index in [1.807, 2.05) is 0 Å². The van der Waals surface area contributed by atoms with Crippen molar-refractivity contribution in [2.45, 2.75) is 25.4 Å². The first kappa shape index (κ1) is 15.6. The monoisotopic (exact) mass is 320 g/mol. The van der Waals surface area contributed by atoms with E-state index in [0.29, 0.717) is 30.4 Å². The van der Waals surface area contributed by atoms with Gasteiger partial charge in [0.25, 0.3) is 0 Å². The van der Waals surface area contributed by atoms with E-state index in [9.17, 15) is 23.1 Å². The summed E-state index contributed by atoms with van der Waals surface area (Å²) >= 11 is 0. The summed E-state index contributed by atoms with van der Waals surface area (Å²) in [4.78, 5) is 12.5. The van der Waals surface area contributed by atoms with Gasteiger partial charge in [-0.05, 0) is 54.7 Å². The lowest BCUT2D eigenvalue weighted by Crippen LogP contribution is -2.24. The predicted molar refractivity (Wildman–Crippen MR) is 79.4 cm³/mol. The van der Waals surface area contributed by atoms with Gasteiger partial charge in [0.1, 0.15) is 5.75 Å². The maximum absolute atomic E-state index is 12.8. The molecule has 1 N–H and O–H groups in total. The van der Waals surface area contributed by atoms with Crippen LogP contribution in [0.4, 0.5) is 13.2 Å². The average Bonchev–Trinajstić information content (AvgIpc) is 2.49. The Bertz CT molecular complexity index is 750. The first-order valence-electron chi connectivity index (χ1n) is 7.37. The van der Waals surface area contributed by atoms with Crippen molar-refractivity contribution < 1.29 is 23.1 Å². The molecule has 0 heterocycles. The zero-order valence-corrected chi connectivity index (χ0v) is 12.2. The third kappa shape index (κ3) is 3.23. The summed E-state index contributed by atoms with van der Waals surface area (Å²) < 4.78 is 38.3. The fraction of sp³-hybridized carbons (Fsp3) is 0.278. The Kier molecular flexibility index (Phi) is 3.88. The van der Waals surface area contributed by atoms with Gasteiger partial charge in [-0.25, -0.2) is 0 Å². The molecule has 2 nitrogen and oxygen atoms in total. The van der Waals surface area contributed by atoms with Crippen LogP contribution < -0.4 is 0 Å². The maximum atomic E-state index is 12.8. The van der Waals surface area contributed by atoms with Crippen molar-refractivity contribution in [2.24, 2.45) is 5.92 Å². The lowest BCUT2D eigenvalue weighted by molar-refractivity contribution is -0.137. The quantitative estimate of drug-likeness (QED) is 0.890. The number of alkyl halides is 3. The van der Waals surface area contributed by atoms with Crippen molar-refractivity contribution >= 4 is 5.78 Å². The maximum Gasteiger partial charge on any atom is 0.416 e. The molecule has 5 heteroatoms. The van der Waals surface area contributed by atoms with Crippen LogP contribution in [0.1, 0.15) is 33.5 Å². The molecule has 2 aromatic carbocycles. The van der Waals surface area contributed by atoms with Crippen molar-refractivity contribution in [3.05, 3.63) is 64.7 Å². The van der Waals surface area contributed by atoms with Crippen LogP contribution in [0.15, 0.2) is 42.5 Å². The van der Waals surface area contributed by atoms with E-state index in [-0.39, 0.29) is 17.5 Å². The summed E-state index contributed by atoms with van der Waals surface area (Å²) in [7, 11) is 0. The van der Waals surface area contributed by atoms with Gasteiger partial charge >= 0.3 is 6.18 Å². The van der Waals surface area contributed by atoms with E-state index >= 15 is 0 Å². The first-order valence-corrected chi connectivity index (χ1v) is 7.37. The lowest BCUT2D eigenvalue weighted by Gasteiger charge is -2.23. The number of benzene rings is 2. The minimum absolute atomic E-state index is 0.0661. The number of phenolic OH excluding ortho intramolecular Hbond substituents is 1. The van der Waals surface area contributed by atoms with E-state index in [1.165, 1.54) is 12.1 Å². The second-order valence-electron chi connectivity index (χ2n) is 5.84. The number of ketones is 1. The zero-order valence-electron chi connectivity index (χ0n) is 12.2. The molecule has 0 saturated carbocycles. The van der Waals surface area contributed by atoms with E-state index in [1.54, 1.807) is 18.2 Å². The van der Waals surface area contributed by atoms with Crippen molar-refractivity contribution in [3.63, 3.8) is 0 Å². The molecule has 0 radical (unpaired) electrons. The molecular formula is C18H15F3O2. The van der Waals surface area contributed by atoms with Gasteiger partial charge in [-0.1, -0.05) is 18.2 Å². The Morgan fingerprint density at radius 1 is 1.13 bits per heavy atom. The van der Waals surface area contributed by atoms with Gasteiger partial charge in [0, 0.05) is 11.5 Å². The van der Waals surface area contributed by atoms with Crippen LogP contribution in [-0.4, -0.2) is 10.9 Å². The van der Waals surface area contributed by atoms with Crippen LogP contribution >= 0.6 is 0 Å². The molecule has 0 bridgehead atoms. The molecule has 2 aromatic rings. The third-order valence-electron chi connectivity index (χ3n) is 4.22. The summed E-state index contributed by atoms with van der Waals surface area (Å²) in [5.74, 6) is -0.271. The van der Waals surface area contributed by atoms with Crippen LogP contribution in [0, 0.1) is 5.92 Å². The number of aryl methyl sites for hydroxylation is 1. The van der Waals surface area contributed by atoms with Crippen LogP contribution in [-0.2, 0) is 19.0 Å². The Morgan fingerprint density at radius 3 is 2.65 bits per heavy atom. The largest absolute Gasteiger partial charge is 0.508 e. The second kappa shape index (κ2) is 5.72. The third-order valence-corrected chi connectivity index (χ3v) is 4.22. The molecule has 0 fully saturated rings. The number of carbonyl (C=O) groups is 1. The Labute approximate surface area is 131 Å². The summed E-state index contributed by atoms with van der Waals surface area (Å²) in [5, 5.41) is 9.46. The molecule has 1 aliphatic rings. The number of carbonyl (C=O) groups excluding carboxylic acids is 1. The molecule has 0 spiro atoms. The Hall–Kier alpha value is -2.30. The molecule has 0 aromatic heterocycles. The highest BCUT2D eigenvalue weighted by molar-refractivity contribution is 6.00. The number of hydrogen-bond acceptors (Lipinski definition) is 2. The van der Waals surface area contributed by atoms with Gasteiger partial charge in [-0.15, -0.1) is 0 Å². The van der Waals surface area contributed by atoms with Gasteiger partial charge < -0.3 is 5.11 Å². The highest BCUT2D eigenvalue weighted by Gasteiger charge is 2.31. The lowest BCUT2D eigenvalue weighted by atomic mass is 9.79. The Balaban J connectivity index is 1.82. The summed E-state index contributed by atoms with van der Waals surface area (Å²) in [5.41, 5.74) is 1.19. The fourth-order valence-electron chi connectivity index (χ4n) is 3.06. The van der Waals surface area contributed by atoms with E-state index in [2.05, 4.69) is 0 Å². The normalized spacial score (nSPS) is 17.9. The highest BCUT2D eigenvalue weighted by atomic mass is 19.4. The van der Waals surface area contributed by atoms with Crippen LogP contribution in [0.5, 0.6) is 5.75 Å². The van der Waals surface area contributed by atoms with Crippen LogP contribution in [0.25, 0.3) is 0 Å². The summed E-state index contributed by atoms with van der Waals surface area (Å²) in [6.45, 7) is 0. The van der Waals surface area contributed by atoms with Crippen molar-refractivity contribution in [3.8, 4) is 5.75 Å². The zero-order chi connectivity index (χ0) is 16.6. The highest BCUT2D eigenvalue weighted by Crippen LogP contribution is 2.33. The topological polar surface area (TPSA) is 37.3 Å². The number of halogens is 3. The van der Waals surface area contributed by atoms with E-state index < -0.39 is 11.7 Å². The van der Waals surface area contributed by atoms with E-state index in [4.69, 9.17) is 0 Å². The molecule has 3 rings (SSSR count). The SMILES string of the molecule is O=C1c2ccc(O)cc2CCC1Cc1cccc(C(F)(F)F)c1. The van der Waals surface area contributed by atoms with Crippen molar-refractivity contribution in [1.82, 2.24) is 0 Å². The van der Waals surface area contributed by atoms with E-state index in [0.717, 1.165) is 17.7 Å². The molecule has 1 atom stereocenters. The van der Waals surface area contributed by atoms with Crippen LogP contribution in [0.3, 0.4) is 0 Å². The average molecular weight is 320 g/mol. The number of aromatic hydroxyl groups is 1. The molecule has 1 unspecified atom stereocenters. The Morgan fingerprint density at radius 2 is 1.91 bits per heavy atom. The van der Waals surface area contributed by atoms with Gasteiger partial charge in [0.05, 0.1) is 5.56 Å². The van der Waals surface area contributed by atoms with Gasteiger partial charge in [-0.3, -0.25) is 4.79 Å². The summed E-state index contributed by atoms with van der Waals surface area (Å²) in [6.07, 6.45) is -2.87. The fourth-order valence-corrected chi connectivity index (χ4v) is 3.06. The number of rotatable bonds is 2. The molecular weight excluding hydrogens is 305 g/mol. The molecule has 0 amide bonds.